The molecule has 0 radical (unpaired) electrons. The molecule has 0 aliphatic rings. The summed E-state index contributed by atoms with van der Waals surface area (Å²) in [6, 6.07) is 15.5. The first kappa shape index (κ1) is 11.0. The van der Waals surface area contributed by atoms with Crippen LogP contribution in [-0.4, -0.2) is 5.11 Å². The van der Waals surface area contributed by atoms with Gasteiger partial charge in [-0.05, 0) is 34.1 Å². The average Bonchev–Trinajstić information content (AvgIpc) is 2.32. The van der Waals surface area contributed by atoms with E-state index in [0.717, 1.165) is 15.7 Å². The van der Waals surface area contributed by atoms with Gasteiger partial charge < -0.3 is 10.4 Å². The van der Waals surface area contributed by atoms with Crippen molar-refractivity contribution in [2.24, 2.45) is 0 Å². The summed E-state index contributed by atoms with van der Waals surface area (Å²) in [7, 11) is 0. The lowest BCUT2D eigenvalue weighted by molar-refractivity contribution is 0.465. The number of rotatable bonds is 3. The molecule has 0 aliphatic heterocycles. The Labute approximate surface area is 103 Å². The zero-order chi connectivity index (χ0) is 11.4. The summed E-state index contributed by atoms with van der Waals surface area (Å²) >= 11 is 3.29. The molecule has 2 rings (SSSR count). The lowest BCUT2D eigenvalue weighted by atomic mass is 10.2. The predicted molar refractivity (Wildman–Crippen MR) is 69.6 cm³/mol. The second-order valence-corrected chi connectivity index (χ2v) is 4.32. The second-order valence-electron chi connectivity index (χ2n) is 3.47. The molecule has 0 unspecified atom stereocenters. The van der Waals surface area contributed by atoms with Crippen molar-refractivity contribution in [2.75, 3.05) is 5.32 Å². The van der Waals surface area contributed by atoms with Gasteiger partial charge in [0.2, 0.25) is 0 Å². The van der Waals surface area contributed by atoms with Gasteiger partial charge in [-0.15, -0.1) is 0 Å². The van der Waals surface area contributed by atoms with Gasteiger partial charge in [0.05, 0.1) is 4.47 Å². The summed E-state index contributed by atoms with van der Waals surface area (Å²) in [4.78, 5) is 0. The highest BCUT2D eigenvalue weighted by Gasteiger charge is 2.03. The summed E-state index contributed by atoms with van der Waals surface area (Å²) in [5.41, 5.74) is 1.92. The first-order valence-electron chi connectivity index (χ1n) is 5.02. The molecule has 2 nitrogen and oxygen atoms in total. The Kier molecular flexibility index (Phi) is 3.47. The maximum atomic E-state index is 9.79. The molecule has 2 aromatic rings. The molecular formula is C13H12BrNO. The third-order valence-corrected chi connectivity index (χ3v) is 2.97. The van der Waals surface area contributed by atoms with E-state index >= 15 is 0 Å². The van der Waals surface area contributed by atoms with E-state index in [4.69, 9.17) is 0 Å². The number of para-hydroxylation sites is 2. The highest BCUT2D eigenvalue weighted by molar-refractivity contribution is 9.10. The Bertz CT molecular complexity index is 471. The van der Waals surface area contributed by atoms with Crippen LogP contribution in [0.25, 0.3) is 0 Å². The van der Waals surface area contributed by atoms with Crippen molar-refractivity contribution < 1.29 is 5.11 Å². The van der Waals surface area contributed by atoms with Gasteiger partial charge in [0, 0.05) is 17.8 Å². The summed E-state index contributed by atoms with van der Waals surface area (Å²) in [6.45, 7) is 0.606. The van der Waals surface area contributed by atoms with Crippen LogP contribution >= 0.6 is 15.9 Å². The van der Waals surface area contributed by atoms with Gasteiger partial charge in [0.1, 0.15) is 5.75 Å². The molecule has 2 N–H and O–H groups in total. The van der Waals surface area contributed by atoms with E-state index in [1.165, 1.54) is 0 Å². The number of anilines is 1. The van der Waals surface area contributed by atoms with Gasteiger partial charge in [-0.3, -0.25) is 0 Å². The standard InChI is InChI=1S/C13H12BrNO/c14-12-8-4-5-10(13(12)16)9-15-11-6-2-1-3-7-11/h1-8,15-16H,9H2. The fourth-order valence-electron chi connectivity index (χ4n) is 1.46. The Morgan fingerprint density at radius 1 is 1.00 bits per heavy atom. The number of nitrogens with one attached hydrogen (secondary N) is 1. The molecule has 0 fully saturated rings. The number of hydrogen-bond donors (Lipinski definition) is 2. The first-order chi connectivity index (χ1) is 7.77. The van der Waals surface area contributed by atoms with Crippen LogP contribution in [0.4, 0.5) is 5.69 Å². The highest BCUT2D eigenvalue weighted by Crippen LogP contribution is 2.27. The molecular weight excluding hydrogens is 266 g/mol. The Morgan fingerprint density at radius 3 is 2.50 bits per heavy atom. The Morgan fingerprint density at radius 2 is 1.75 bits per heavy atom. The smallest absolute Gasteiger partial charge is 0.134 e. The number of phenols is 1. The van der Waals surface area contributed by atoms with Gasteiger partial charge in [-0.2, -0.15) is 0 Å². The normalized spacial score (nSPS) is 10.1. The topological polar surface area (TPSA) is 32.3 Å². The Balaban J connectivity index is 2.08. The van der Waals surface area contributed by atoms with Crippen molar-refractivity contribution in [1.29, 1.82) is 0 Å². The largest absolute Gasteiger partial charge is 0.506 e. The minimum atomic E-state index is 0.297. The number of hydrogen-bond acceptors (Lipinski definition) is 2. The van der Waals surface area contributed by atoms with Gasteiger partial charge in [-0.25, -0.2) is 0 Å². The van der Waals surface area contributed by atoms with Crippen LogP contribution in [0.3, 0.4) is 0 Å². The quantitative estimate of drug-likeness (QED) is 0.895. The highest BCUT2D eigenvalue weighted by atomic mass is 79.9. The van der Waals surface area contributed by atoms with Crippen molar-refractivity contribution in [3.05, 3.63) is 58.6 Å². The van der Waals surface area contributed by atoms with Gasteiger partial charge in [-0.1, -0.05) is 30.3 Å². The molecule has 82 valence electrons. The maximum absolute atomic E-state index is 9.79. The SMILES string of the molecule is Oc1c(Br)cccc1CNc1ccccc1. The molecule has 0 amide bonds. The molecule has 0 atom stereocenters. The zero-order valence-electron chi connectivity index (χ0n) is 8.65. The van der Waals surface area contributed by atoms with Crippen LogP contribution in [0.2, 0.25) is 0 Å². The van der Waals surface area contributed by atoms with Crippen LogP contribution in [0.5, 0.6) is 5.75 Å². The predicted octanol–water partition coefficient (Wildman–Crippen LogP) is 3.77. The van der Waals surface area contributed by atoms with Gasteiger partial charge in [0.25, 0.3) is 0 Å². The molecule has 0 aromatic heterocycles. The van der Waals surface area contributed by atoms with E-state index < -0.39 is 0 Å². The van der Waals surface area contributed by atoms with Crippen LogP contribution in [-0.2, 0) is 6.54 Å². The third-order valence-electron chi connectivity index (χ3n) is 2.33. The monoisotopic (exact) mass is 277 g/mol. The Hall–Kier alpha value is -1.48. The van der Waals surface area contributed by atoms with E-state index in [-0.39, 0.29) is 0 Å². The third kappa shape index (κ3) is 2.55. The maximum Gasteiger partial charge on any atom is 0.134 e. The van der Waals surface area contributed by atoms with Crippen molar-refractivity contribution in [1.82, 2.24) is 0 Å². The molecule has 0 saturated carbocycles. The number of aromatic hydroxyl groups is 1. The molecule has 0 heterocycles. The van der Waals surface area contributed by atoms with Crippen molar-refractivity contribution in [2.45, 2.75) is 6.54 Å². The van der Waals surface area contributed by atoms with E-state index in [1.807, 2.05) is 48.5 Å². The van der Waals surface area contributed by atoms with Gasteiger partial charge >= 0.3 is 0 Å². The van der Waals surface area contributed by atoms with Crippen LogP contribution in [0.1, 0.15) is 5.56 Å². The first-order valence-corrected chi connectivity index (χ1v) is 5.82. The summed E-state index contributed by atoms with van der Waals surface area (Å²) in [5, 5.41) is 13.0. The van der Waals surface area contributed by atoms with Crippen molar-refractivity contribution >= 4 is 21.6 Å². The van der Waals surface area contributed by atoms with Crippen LogP contribution in [0.15, 0.2) is 53.0 Å². The van der Waals surface area contributed by atoms with E-state index in [2.05, 4.69) is 21.2 Å². The molecule has 0 bridgehead atoms. The molecule has 0 aliphatic carbocycles. The minimum absolute atomic E-state index is 0.297. The molecule has 16 heavy (non-hydrogen) atoms. The minimum Gasteiger partial charge on any atom is -0.506 e. The number of phenolic OH excluding ortho intramolecular Hbond substituents is 1. The molecule has 3 heteroatoms. The second kappa shape index (κ2) is 5.03. The summed E-state index contributed by atoms with van der Waals surface area (Å²) in [5.74, 6) is 0.297. The van der Waals surface area contributed by atoms with Gasteiger partial charge in [0.15, 0.2) is 0 Å². The van der Waals surface area contributed by atoms with E-state index in [9.17, 15) is 5.11 Å². The average molecular weight is 278 g/mol. The zero-order valence-corrected chi connectivity index (χ0v) is 10.2. The lowest BCUT2D eigenvalue weighted by Crippen LogP contribution is -1.99. The lowest BCUT2D eigenvalue weighted by Gasteiger charge is -2.08. The fraction of sp³-hybridized carbons (Fsp3) is 0.0769. The van der Waals surface area contributed by atoms with Crippen LogP contribution < -0.4 is 5.32 Å². The van der Waals surface area contributed by atoms with E-state index in [1.54, 1.807) is 0 Å². The number of benzene rings is 2. The van der Waals surface area contributed by atoms with Crippen LogP contribution in [0, 0.1) is 0 Å². The molecule has 0 spiro atoms. The summed E-state index contributed by atoms with van der Waals surface area (Å²) in [6.07, 6.45) is 0. The summed E-state index contributed by atoms with van der Waals surface area (Å²) < 4.78 is 0.722. The van der Waals surface area contributed by atoms with E-state index in [0.29, 0.717) is 12.3 Å². The molecule has 2 aromatic carbocycles. The van der Waals surface area contributed by atoms with Crippen molar-refractivity contribution in [3.63, 3.8) is 0 Å². The molecule has 0 saturated heterocycles. The number of halogens is 1. The fourth-order valence-corrected chi connectivity index (χ4v) is 1.86. The van der Waals surface area contributed by atoms with Crippen molar-refractivity contribution in [3.8, 4) is 5.75 Å².